The lowest BCUT2D eigenvalue weighted by Crippen LogP contribution is -2.36. The predicted molar refractivity (Wildman–Crippen MR) is 77.1 cm³/mol. The molecule has 2 aromatic rings. The van der Waals surface area contributed by atoms with Crippen molar-refractivity contribution < 1.29 is 4.39 Å². The van der Waals surface area contributed by atoms with E-state index in [1.54, 1.807) is 16.8 Å². The van der Waals surface area contributed by atoms with Crippen molar-refractivity contribution in [2.75, 3.05) is 0 Å². The third-order valence-corrected chi connectivity index (χ3v) is 3.20. The maximum absolute atomic E-state index is 13.8. The first-order valence-corrected chi connectivity index (χ1v) is 6.79. The summed E-state index contributed by atoms with van der Waals surface area (Å²) in [6.07, 6.45) is 1.47. The van der Waals surface area contributed by atoms with E-state index in [2.05, 4.69) is 36.2 Å². The second-order valence-corrected chi connectivity index (χ2v) is 6.04. The Morgan fingerprint density at radius 2 is 2.10 bits per heavy atom. The molecule has 4 nitrogen and oxygen atoms in total. The maximum Gasteiger partial charge on any atom is 0.141 e. The first-order chi connectivity index (χ1) is 9.37. The van der Waals surface area contributed by atoms with Crippen molar-refractivity contribution in [3.8, 4) is 0 Å². The lowest BCUT2D eigenvalue weighted by atomic mass is 10.1. The topological polar surface area (TPSA) is 42.7 Å². The smallest absolute Gasteiger partial charge is 0.141 e. The fourth-order valence-corrected chi connectivity index (χ4v) is 1.96. The van der Waals surface area contributed by atoms with Crippen LogP contribution in [0, 0.1) is 5.82 Å². The molecule has 0 atom stereocenters. The van der Waals surface area contributed by atoms with Crippen molar-refractivity contribution in [1.82, 2.24) is 20.1 Å². The van der Waals surface area contributed by atoms with Crippen LogP contribution in [-0.4, -0.2) is 20.3 Å². The molecule has 0 radical (unpaired) electrons. The highest BCUT2D eigenvalue weighted by molar-refractivity contribution is 6.31. The van der Waals surface area contributed by atoms with Gasteiger partial charge in [-0.3, -0.25) is 0 Å². The number of hydrogen-bond donors (Lipinski definition) is 1. The van der Waals surface area contributed by atoms with Crippen LogP contribution in [0.2, 0.25) is 5.02 Å². The van der Waals surface area contributed by atoms with E-state index in [1.165, 1.54) is 12.4 Å². The Morgan fingerprint density at radius 3 is 2.75 bits per heavy atom. The second-order valence-electron chi connectivity index (χ2n) is 5.64. The number of benzene rings is 1. The van der Waals surface area contributed by atoms with Crippen molar-refractivity contribution in [2.24, 2.45) is 0 Å². The summed E-state index contributed by atoms with van der Waals surface area (Å²) in [5.41, 5.74) is 0.406. The van der Waals surface area contributed by atoms with Gasteiger partial charge in [-0.2, -0.15) is 5.10 Å². The van der Waals surface area contributed by atoms with Crippen molar-refractivity contribution in [3.05, 3.63) is 46.8 Å². The van der Waals surface area contributed by atoms with Gasteiger partial charge in [0.25, 0.3) is 0 Å². The monoisotopic (exact) mass is 296 g/mol. The minimum Gasteiger partial charge on any atom is -0.305 e. The highest BCUT2D eigenvalue weighted by atomic mass is 35.5. The van der Waals surface area contributed by atoms with Crippen molar-refractivity contribution >= 4 is 11.6 Å². The number of hydrogen-bond acceptors (Lipinski definition) is 3. The summed E-state index contributed by atoms with van der Waals surface area (Å²) < 4.78 is 15.4. The molecule has 0 fully saturated rings. The largest absolute Gasteiger partial charge is 0.305 e. The van der Waals surface area contributed by atoms with Crippen LogP contribution in [0.5, 0.6) is 0 Å². The number of nitrogens with one attached hydrogen (secondary N) is 1. The Kier molecular flexibility index (Phi) is 4.40. The Balaban J connectivity index is 2.17. The first-order valence-electron chi connectivity index (χ1n) is 6.41. The predicted octanol–water partition coefficient (Wildman–Crippen LogP) is 3.01. The zero-order valence-electron chi connectivity index (χ0n) is 11.8. The van der Waals surface area contributed by atoms with Gasteiger partial charge < -0.3 is 5.32 Å². The van der Waals surface area contributed by atoms with Gasteiger partial charge in [-0.15, -0.1) is 0 Å². The molecular weight excluding hydrogens is 279 g/mol. The average Bonchev–Trinajstić information content (AvgIpc) is 2.78. The Bertz CT molecular complexity index is 569. The van der Waals surface area contributed by atoms with Crippen LogP contribution >= 0.6 is 11.6 Å². The molecule has 1 N–H and O–H groups in total. The van der Waals surface area contributed by atoms with Gasteiger partial charge in [0.05, 0.1) is 13.1 Å². The summed E-state index contributed by atoms with van der Waals surface area (Å²) in [6, 6.07) is 4.65. The van der Waals surface area contributed by atoms with E-state index >= 15 is 0 Å². The van der Waals surface area contributed by atoms with Crippen LogP contribution in [0.25, 0.3) is 0 Å². The quantitative estimate of drug-likeness (QED) is 0.943. The van der Waals surface area contributed by atoms with Gasteiger partial charge in [0.2, 0.25) is 0 Å². The molecule has 1 heterocycles. The summed E-state index contributed by atoms with van der Waals surface area (Å²) in [7, 11) is 0. The molecule has 0 unspecified atom stereocenters. The highest BCUT2D eigenvalue weighted by Gasteiger charge is 2.14. The van der Waals surface area contributed by atoms with Crippen LogP contribution in [0.1, 0.15) is 32.2 Å². The minimum absolute atomic E-state index is 0.0214. The van der Waals surface area contributed by atoms with Crippen LogP contribution in [0.3, 0.4) is 0 Å². The SMILES string of the molecule is CC(C)(C)NCc1ncnn1Cc1c(F)cccc1Cl. The molecular formula is C14H18ClFN4. The Labute approximate surface area is 123 Å². The summed E-state index contributed by atoms with van der Waals surface area (Å²) in [4.78, 5) is 4.20. The van der Waals surface area contributed by atoms with Gasteiger partial charge in [0, 0.05) is 16.1 Å². The van der Waals surface area contributed by atoms with Crippen molar-refractivity contribution in [3.63, 3.8) is 0 Å². The third-order valence-electron chi connectivity index (χ3n) is 2.84. The fraction of sp³-hybridized carbons (Fsp3) is 0.429. The molecule has 0 saturated heterocycles. The molecule has 0 amide bonds. The lowest BCUT2D eigenvalue weighted by molar-refractivity contribution is 0.409. The number of nitrogens with zero attached hydrogens (tertiary/aromatic N) is 3. The molecule has 1 aromatic carbocycles. The molecule has 6 heteroatoms. The zero-order valence-corrected chi connectivity index (χ0v) is 12.6. The summed E-state index contributed by atoms with van der Waals surface area (Å²) in [5.74, 6) is 0.418. The molecule has 0 aliphatic carbocycles. The van der Waals surface area contributed by atoms with E-state index < -0.39 is 0 Å². The molecule has 0 saturated carbocycles. The minimum atomic E-state index is -0.331. The van der Waals surface area contributed by atoms with Gasteiger partial charge in [-0.05, 0) is 32.9 Å². The van der Waals surface area contributed by atoms with Crippen LogP contribution in [0.4, 0.5) is 4.39 Å². The standard InChI is InChI=1S/C14H18ClFN4/c1-14(2,3)18-7-13-17-9-19-20(13)8-10-11(15)5-4-6-12(10)16/h4-6,9,18H,7-8H2,1-3H3. The Morgan fingerprint density at radius 1 is 1.35 bits per heavy atom. The van der Waals surface area contributed by atoms with Gasteiger partial charge in [0.15, 0.2) is 0 Å². The van der Waals surface area contributed by atoms with Gasteiger partial charge in [-0.25, -0.2) is 14.1 Å². The number of rotatable bonds is 4. The van der Waals surface area contributed by atoms with E-state index in [0.29, 0.717) is 17.1 Å². The fourth-order valence-electron chi connectivity index (χ4n) is 1.73. The number of aromatic nitrogens is 3. The molecule has 20 heavy (non-hydrogen) atoms. The van der Waals surface area contributed by atoms with Gasteiger partial charge >= 0.3 is 0 Å². The van der Waals surface area contributed by atoms with Gasteiger partial charge in [0.1, 0.15) is 18.0 Å². The van der Waals surface area contributed by atoms with Gasteiger partial charge in [-0.1, -0.05) is 17.7 Å². The molecule has 0 aliphatic heterocycles. The van der Waals surface area contributed by atoms with Crippen LogP contribution < -0.4 is 5.32 Å². The van der Waals surface area contributed by atoms with E-state index in [-0.39, 0.29) is 17.9 Å². The molecule has 0 bridgehead atoms. The molecule has 2 rings (SSSR count). The summed E-state index contributed by atoms with van der Waals surface area (Å²) in [6.45, 7) is 7.05. The van der Waals surface area contributed by atoms with E-state index in [4.69, 9.17) is 11.6 Å². The van der Waals surface area contributed by atoms with Crippen LogP contribution in [0.15, 0.2) is 24.5 Å². The van der Waals surface area contributed by atoms with Crippen molar-refractivity contribution in [1.29, 1.82) is 0 Å². The van der Waals surface area contributed by atoms with E-state index in [0.717, 1.165) is 5.82 Å². The molecule has 0 aliphatic rings. The molecule has 0 spiro atoms. The average molecular weight is 297 g/mol. The molecule has 108 valence electrons. The molecule has 1 aromatic heterocycles. The van der Waals surface area contributed by atoms with E-state index in [1.807, 2.05) is 0 Å². The maximum atomic E-state index is 13.8. The van der Waals surface area contributed by atoms with Crippen molar-refractivity contribution in [2.45, 2.75) is 39.4 Å². The first kappa shape index (κ1) is 14.9. The summed E-state index contributed by atoms with van der Waals surface area (Å²) in [5, 5.41) is 7.86. The lowest BCUT2D eigenvalue weighted by Gasteiger charge is -2.20. The summed E-state index contributed by atoms with van der Waals surface area (Å²) >= 11 is 6.03. The third kappa shape index (κ3) is 3.77. The van der Waals surface area contributed by atoms with Crippen LogP contribution in [-0.2, 0) is 13.1 Å². The normalized spacial score (nSPS) is 11.8. The Hall–Kier alpha value is -1.46. The zero-order chi connectivity index (χ0) is 14.8. The van der Waals surface area contributed by atoms with E-state index in [9.17, 15) is 4.39 Å². The highest BCUT2D eigenvalue weighted by Crippen LogP contribution is 2.20. The number of halogens is 2. The second kappa shape index (κ2) is 5.89.